The Morgan fingerprint density at radius 3 is 2.85 bits per heavy atom. The normalized spacial score (nSPS) is 39.1. The first-order chi connectivity index (χ1) is 12.7. The SMILES string of the molecule is O=C(NC1C2CCCC3(C2)CC1C3)C1CN(Cc2ccccc2)CCO1. The van der Waals surface area contributed by atoms with Gasteiger partial charge in [-0.05, 0) is 54.9 Å². The van der Waals surface area contributed by atoms with Crippen LogP contribution in [-0.2, 0) is 16.1 Å². The lowest BCUT2D eigenvalue weighted by molar-refractivity contribution is -0.147. The predicted octanol–water partition coefficient (Wildman–Crippen LogP) is 2.97. The number of benzene rings is 1. The molecule has 1 amide bonds. The maximum Gasteiger partial charge on any atom is 0.250 e. The maximum atomic E-state index is 12.9. The molecule has 3 bridgehead atoms. The first-order valence-corrected chi connectivity index (χ1v) is 10.4. The standard InChI is InChI=1S/C22H30N2O2/c25-21(23-20-17-7-4-8-22(11-17)12-18(20)13-22)19-15-24(9-10-26-19)14-16-5-2-1-3-6-16/h1-3,5-6,17-20H,4,7-15H2,(H,23,25). The second kappa shape index (κ2) is 6.65. The van der Waals surface area contributed by atoms with Crippen molar-refractivity contribution < 1.29 is 9.53 Å². The number of hydrogen-bond acceptors (Lipinski definition) is 3. The van der Waals surface area contributed by atoms with Gasteiger partial charge in [0.25, 0.3) is 5.91 Å². The molecular weight excluding hydrogens is 324 g/mol. The monoisotopic (exact) mass is 354 g/mol. The molecular formula is C22H30N2O2. The van der Waals surface area contributed by atoms with Gasteiger partial charge < -0.3 is 10.1 Å². The van der Waals surface area contributed by atoms with E-state index in [4.69, 9.17) is 4.74 Å². The van der Waals surface area contributed by atoms with Crippen LogP contribution in [0.15, 0.2) is 30.3 Å². The summed E-state index contributed by atoms with van der Waals surface area (Å²) in [5.41, 5.74) is 1.97. The molecule has 0 aromatic heterocycles. The topological polar surface area (TPSA) is 41.6 Å². The van der Waals surface area contributed by atoms with Gasteiger partial charge in [0.05, 0.1) is 6.61 Å². The Kier molecular flexibility index (Phi) is 4.29. The molecule has 1 spiro atoms. The van der Waals surface area contributed by atoms with E-state index in [1.807, 2.05) is 6.07 Å². The smallest absolute Gasteiger partial charge is 0.250 e. The third kappa shape index (κ3) is 3.07. The van der Waals surface area contributed by atoms with Gasteiger partial charge in [0.1, 0.15) is 6.10 Å². The van der Waals surface area contributed by atoms with E-state index in [2.05, 4.69) is 34.5 Å². The average molecular weight is 354 g/mol. The summed E-state index contributed by atoms with van der Waals surface area (Å²) in [4.78, 5) is 15.3. The number of nitrogens with zero attached hydrogens (tertiary/aromatic N) is 1. The quantitative estimate of drug-likeness (QED) is 0.904. The largest absolute Gasteiger partial charge is 0.366 e. The number of rotatable bonds is 4. The summed E-state index contributed by atoms with van der Waals surface area (Å²) < 4.78 is 5.85. The molecule has 26 heavy (non-hydrogen) atoms. The van der Waals surface area contributed by atoms with Crippen LogP contribution in [0.3, 0.4) is 0 Å². The molecule has 1 aromatic rings. The zero-order valence-electron chi connectivity index (χ0n) is 15.5. The lowest BCUT2D eigenvalue weighted by Gasteiger charge is -2.62. The lowest BCUT2D eigenvalue weighted by Crippen LogP contribution is -2.62. The number of hydrogen-bond donors (Lipinski definition) is 1. The fraction of sp³-hybridized carbons (Fsp3) is 0.682. The zero-order valence-corrected chi connectivity index (χ0v) is 15.5. The number of carbonyl (C=O) groups excluding carboxylic acids is 1. The first-order valence-electron chi connectivity index (χ1n) is 10.4. The molecule has 4 saturated carbocycles. The van der Waals surface area contributed by atoms with Crippen molar-refractivity contribution in [3.63, 3.8) is 0 Å². The highest BCUT2D eigenvalue weighted by Crippen LogP contribution is 2.63. The Hall–Kier alpha value is -1.39. The number of morpholine rings is 1. The fourth-order valence-electron chi connectivity index (χ4n) is 6.21. The Bertz CT molecular complexity index is 655. The molecule has 3 atom stereocenters. The molecule has 1 aromatic carbocycles. The van der Waals surface area contributed by atoms with Gasteiger partial charge in [-0.2, -0.15) is 0 Å². The van der Waals surface area contributed by atoms with E-state index in [-0.39, 0.29) is 12.0 Å². The molecule has 0 radical (unpaired) electrons. The molecule has 4 aliphatic carbocycles. The van der Waals surface area contributed by atoms with Crippen molar-refractivity contribution in [3.8, 4) is 0 Å². The zero-order chi connectivity index (χ0) is 17.6. The van der Waals surface area contributed by atoms with Crippen LogP contribution in [0.25, 0.3) is 0 Å². The van der Waals surface area contributed by atoms with Gasteiger partial charge in [-0.1, -0.05) is 36.8 Å². The van der Waals surface area contributed by atoms with Crippen LogP contribution in [0.4, 0.5) is 0 Å². The van der Waals surface area contributed by atoms with Crippen molar-refractivity contribution in [1.29, 1.82) is 0 Å². The van der Waals surface area contributed by atoms with Crippen molar-refractivity contribution in [2.75, 3.05) is 19.7 Å². The third-order valence-electron chi connectivity index (χ3n) is 7.38. The van der Waals surface area contributed by atoms with E-state index in [1.54, 1.807) is 0 Å². The molecule has 1 heterocycles. The van der Waals surface area contributed by atoms with Gasteiger partial charge in [-0.15, -0.1) is 0 Å². The van der Waals surface area contributed by atoms with Gasteiger partial charge in [-0.25, -0.2) is 0 Å². The van der Waals surface area contributed by atoms with Gasteiger partial charge in [0.15, 0.2) is 0 Å². The molecule has 6 rings (SSSR count). The minimum atomic E-state index is -0.317. The second-order valence-electron chi connectivity index (χ2n) is 9.14. The lowest BCUT2D eigenvalue weighted by atomic mass is 9.45. The fourth-order valence-corrected chi connectivity index (χ4v) is 6.21. The minimum Gasteiger partial charge on any atom is -0.366 e. The summed E-state index contributed by atoms with van der Waals surface area (Å²) in [6, 6.07) is 10.9. The summed E-state index contributed by atoms with van der Waals surface area (Å²) in [7, 11) is 0. The van der Waals surface area contributed by atoms with E-state index < -0.39 is 0 Å². The van der Waals surface area contributed by atoms with Crippen molar-refractivity contribution >= 4 is 5.91 Å². The molecule has 5 fully saturated rings. The molecule has 1 aliphatic heterocycles. The molecule has 4 heteroatoms. The van der Waals surface area contributed by atoms with Crippen molar-refractivity contribution in [1.82, 2.24) is 10.2 Å². The van der Waals surface area contributed by atoms with E-state index in [0.29, 0.717) is 30.5 Å². The van der Waals surface area contributed by atoms with E-state index in [9.17, 15) is 4.79 Å². The number of carbonyl (C=O) groups is 1. The highest BCUT2D eigenvalue weighted by molar-refractivity contribution is 5.81. The highest BCUT2D eigenvalue weighted by atomic mass is 16.5. The summed E-state index contributed by atoms with van der Waals surface area (Å²) in [6.45, 7) is 3.14. The molecule has 140 valence electrons. The van der Waals surface area contributed by atoms with Gasteiger partial charge in [0.2, 0.25) is 0 Å². The first kappa shape index (κ1) is 16.8. The van der Waals surface area contributed by atoms with Gasteiger partial charge in [0, 0.05) is 25.7 Å². The molecule has 5 aliphatic rings. The summed E-state index contributed by atoms with van der Waals surface area (Å²) in [6.07, 6.45) is 7.81. The number of amides is 1. The van der Waals surface area contributed by atoms with Crippen LogP contribution in [-0.4, -0.2) is 42.6 Å². The maximum absolute atomic E-state index is 12.9. The van der Waals surface area contributed by atoms with Crippen molar-refractivity contribution in [3.05, 3.63) is 35.9 Å². The average Bonchev–Trinajstić information content (AvgIpc) is 2.64. The van der Waals surface area contributed by atoms with Crippen LogP contribution < -0.4 is 5.32 Å². The van der Waals surface area contributed by atoms with Crippen LogP contribution in [0.1, 0.15) is 44.1 Å². The Morgan fingerprint density at radius 2 is 2.00 bits per heavy atom. The molecule has 1 N–H and O–H groups in total. The summed E-state index contributed by atoms with van der Waals surface area (Å²) in [5, 5.41) is 3.42. The predicted molar refractivity (Wildman–Crippen MR) is 101 cm³/mol. The molecule has 4 nitrogen and oxygen atoms in total. The second-order valence-corrected chi connectivity index (χ2v) is 9.14. The summed E-state index contributed by atoms with van der Waals surface area (Å²) >= 11 is 0. The number of ether oxygens (including phenoxy) is 1. The van der Waals surface area contributed by atoms with Gasteiger partial charge in [-0.3, -0.25) is 9.69 Å². The highest BCUT2D eigenvalue weighted by Gasteiger charge is 2.57. The molecule has 3 unspecified atom stereocenters. The van der Waals surface area contributed by atoms with E-state index in [1.165, 1.54) is 44.1 Å². The van der Waals surface area contributed by atoms with E-state index >= 15 is 0 Å². The minimum absolute atomic E-state index is 0.123. The molecule has 1 saturated heterocycles. The van der Waals surface area contributed by atoms with Crippen LogP contribution in [0, 0.1) is 17.3 Å². The van der Waals surface area contributed by atoms with Gasteiger partial charge >= 0.3 is 0 Å². The Balaban J connectivity index is 1.19. The number of nitrogens with one attached hydrogen (secondary N) is 1. The van der Waals surface area contributed by atoms with Crippen LogP contribution in [0.2, 0.25) is 0 Å². The van der Waals surface area contributed by atoms with Crippen molar-refractivity contribution in [2.24, 2.45) is 17.3 Å². The van der Waals surface area contributed by atoms with Crippen LogP contribution >= 0.6 is 0 Å². The van der Waals surface area contributed by atoms with E-state index in [0.717, 1.165) is 19.0 Å². The van der Waals surface area contributed by atoms with Crippen LogP contribution in [0.5, 0.6) is 0 Å². The van der Waals surface area contributed by atoms with Crippen molar-refractivity contribution in [2.45, 2.75) is 57.2 Å². The summed E-state index contributed by atoms with van der Waals surface area (Å²) in [5.74, 6) is 1.56. The Labute approximate surface area is 156 Å². The third-order valence-corrected chi connectivity index (χ3v) is 7.38. The Morgan fingerprint density at radius 1 is 1.19 bits per heavy atom.